The number of rotatable bonds is 6. The van der Waals surface area contributed by atoms with E-state index in [4.69, 9.17) is 15.2 Å². The van der Waals surface area contributed by atoms with E-state index in [2.05, 4.69) is 10.8 Å². The van der Waals surface area contributed by atoms with Crippen LogP contribution < -0.4 is 15.2 Å². The van der Waals surface area contributed by atoms with Crippen LogP contribution in [0, 0.1) is 6.92 Å². The van der Waals surface area contributed by atoms with Crippen LogP contribution in [0.3, 0.4) is 0 Å². The summed E-state index contributed by atoms with van der Waals surface area (Å²) in [5.41, 5.74) is 8.23. The van der Waals surface area contributed by atoms with Crippen LogP contribution in [0.4, 0.5) is 5.69 Å². The van der Waals surface area contributed by atoms with Gasteiger partial charge < -0.3 is 40.4 Å². The largest absolute Gasteiger partial charge is 0.487 e. The van der Waals surface area contributed by atoms with Crippen LogP contribution in [0.25, 0.3) is 0 Å². The highest BCUT2D eigenvalue weighted by atomic mass is 16.6. The van der Waals surface area contributed by atoms with Crippen molar-refractivity contribution >= 4 is 11.7 Å². The van der Waals surface area contributed by atoms with E-state index in [0.717, 1.165) is 48.1 Å². The van der Waals surface area contributed by atoms with Crippen molar-refractivity contribution in [1.82, 2.24) is 0 Å². The fraction of sp³-hybridized carbons (Fsp3) is 0.409. The molecule has 0 spiro atoms. The summed E-state index contributed by atoms with van der Waals surface area (Å²) in [7, 11) is 0.873. The highest BCUT2D eigenvalue weighted by Crippen LogP contribution is 2.39. The second-order valence-corrected chi connectivity index (χ2v) is 8.33. The molecule has 0 atom stereocenters. The molecule has 1 heterocycles. The Morgan fingerprint density at radius 3 is 2.48 bits per heavy atom. The van der Waals surface area contributed by atoms with E-state index >= 15 is 0 Å². The molecule has 0 saturated carbocycles. The maximum atomic E-state index is 11.5. The molecule has 0 aromatic heterocycles. The molecule has 0 unspecified atom stereocenters. The van der Waals surface area contributed by atoms with Crippen molar-refractivity contribution in [2.75, 3.05) is 12.8 Å². The Kier molecular flexibility index (Phi) is 5.66. The number of hydrogen-bond donors (Lipinski definition) is 5. The summed E-state index contributed by atoms with van der Waals surface area (Å²) in [4.78, 5) is 11.5. The van der Waals surface area contributed by atoms with Gasteiger partial charge in [0, 0.05) is 17.5 Å². The summed E-state index contributed by atoms with van der Waals surface area (Å²) in [5.74, 6) is -7.62. The van der Waals surface area contributed by atoms with Crippen LogP contribution in [-0.2, 0) is 28.3 Å². The highest BCUT2D eigenvalue weighted by Gasteiger charge is 2.56. The number of ether oxygens (including phenoxy) is 3. The van der Waals surface area contributed by atoms with Gasteiger partial charge in [0.05, 0.1) is 12.8 Å². The normalized spacial score (nSPS) is 15.2. The number of hydrogen-bond acceptors (Lipinski definition) is 9. The first kappa shape index (κ1) is 22.8. The van der Waals surface area contributed by atoms with Crippen LogP contribution in [0.15, 0.2) is 30.3 Å². The molecule has 9 nitrogen and oxygen atoms in total. The van der Waals surface area contributed by atoms with Gasteiger partial charge in [-0.15, -0.1) is 0 Å². The van der Waals surface area contributed by atoms with Crippen LogP contribution in [0.1, 0.15) is 36.1 Å². The van der Waals surface area contributed by atoms with Gasteiger partial charge in [-0.1, -0.05) is 11.6 Å². The highest BCUT2D eigenvalue weighted by molar-refractivity contribution is 5.79. The van der Waals surface area contributed by atoms with Gasteiger partial charge in [-0.3, -0.25) is 0 Å². The number of carbonyl (C=O) groups excluding carboxylic acids is 1. The molecule has 31 heavy (non-hydrogen) atoms. The van der Waals surface area contributed by atoms with Gasteiger partial charge in [-0.25, -0.2) is 4.79 Å². The van der Waals surface area contributed by atoms with E-state index in [1.54, 1.807) is 0 Å². The summed E-state index contributed by atoms with van der Waals surface area (Å²) in [5, 5.41) is 40.0. The first-order valence-corrected chi connectivity index (χ1v) is 9.60. The van der Waals surface area contributed by atoms with E-state index in [9.17, 15) is 25.2 Å². The fourth-order valence-corrected chi connectivity index (χ4v) is 3.61. The predicted molar refractivity (Wildman–Crippen MR) is 110 cm³/mol. The molecule has 168 valence electrons. The third-order valence-electron chi connectivity index (χ3n) is 5.13. The van der Waals surface area contributed by atoms with Gasteiger partial charge in [0.1, 0.15) is 23.7 Å². The Bertz CT molecular complexity index is 1010. The lowest BCUT2D eigenvalue weighted by Gasteiger charge is -2.32. The van der Waals surface area contributed by atoms with Crippen LogP contribution >= 0.6 is 0 Å². The smallest absolute Gasteiger partial charge is 0.372 e. The summed E-state index contributed by atoms with van der Waals surface area (Å²) in [6, 6.07) is 7.59. The predicted octanol–water partition coefficient (Wildman–Crippen LogP) is 0.861. The zero-order chi connectivity index (χ0) is 23.2. The Morgan fingerprint density at radius 1 is 1.19 bits per heavy atom. The molecular weight excluding hydrogens is 406 g/mol. The van der Waals surface area contributed by atoms with E-state index in [-0.39, 0.29) is 23.6 Å². The van der Waals surface area contributed by atoms with Gasteiger partial charge in [-0.05, 0) is 50.6 Å². The number of nitrogen functional groups attached to an aromatic ring is 1. The van der Waals surface area contributed by atoms with E-state index in [1.165, 1.54) is 6.07 Å². The molecular formula is C22H27NO8. The number of benzene rings is 2. The zero-order valence-corrected chi connectivity index (χ0v) is 17.8. The molecule has 1 aliphatic heterocycles. The van der Waals surface area contributed by atoms with Gasteiger partial charge in [-0.2, -0.15) is 0 Å². The molecule has 2 aromatic rings. The van der Waals surface area contributed by atoms with Crippen molar-refractivity contribution in [3.8, 4) is 11.5 Å². The molecule has 0 amide bonds. The fourth-order valence-electron chi connectivity index (χ4n) is 3.61. The van der Waals surface area contributed by atoms with Crippen molar-refractivity contribution in [2.24, 2.45) is 0 Å². The van der Waals surface area contributed by atoms with Crippen LogP contribution in [0.2, 0.25) is 0 Å². The van der Waals surface area contributed by atoms with E-state index < -0.39 is 23.1 Å². The third-order valence-corrected chi connectivity index (χ3v) is 5.13. The molecule has 1 aliphatic rings. The Hall–Kier alpha value is -2.85. The Balaban J connectivity index is 1.83. The molecule has 6 N–H and O–H groups in total. The summed E-state index contributed by atoms with van der Waals surface area (Å²) >= 11 is 0. The average molecular weight is 433 g/mol. The first-order valence-electron chi connectivity index (χ1n) is 9.60. The summed E-state index contributed by atoms with van der Waals surface area (Å²) < 4.78 is 16.1. The lowest BCUT2D eigenvalue weighted by atomic mass is 9.96. The number of anilines is 1. The molecule has 9 heteroatoms. The maximum absolute atomic E-state index is 11.5. The molecule has 0 radical (unpaired) electrons. The lowest BCUT2D eigenvalue weighted by Crippen LogP contribution is -2.57. The SMILES string of the molecule is COC(=O)C(O)(O)C(O)(O)c1ccc(OCc2cc(C)cc3c2OC(C)(C)C3)c(N)c1. The van der Waals surface area contributed by atoms with Crippen molar-refractivity contribution in [1.29, 1.82) is 0 Å². The second kappa shape index (κ2) is 7.69. The number of aryl methyl sites for hydroxylation is 1. The van der Waals surface area contributed by atoms with Crippen molar-refractivity contribution in [3.63, 3.8) is 0 Å². The Labute approximate surface area is 179 Å². The van der Waals surface area contributed by atoms with E-state index in [1.807, 2.05) is 26.8 Å². The molecule has 2 aromatic carbocycles. The number of fused-ring (bicyclic) bond motifs is 1. The average Bonchev–Trinajstić information content (AvgIpc) is 2.99. The minimum atomic E-state index is -3.61. The quantitative estimate of drug-likeness (QED) is 0.254. The zero-order valence-electron chi connectivity index (χ0n) is 17.8. The number of esters is 1. The third kappa shape index (κ3) is 4.17. The minimum Gasteiger partial charge on any atom is -0.487 e. The van der Waals surface area contributed by atoms with Gasteiger partial charge in [0.25, 0.3) is 5.79 Å². The summed E-state index contributed by atoms with van der Waals surface area (Å²) in [6.45, 7) is 6.16. The van der Waals surface area contributed by atoms with E-state index in [0.29, 0.717) is 0 Å². The number of methoxy groups -OCH3 is 1. The maximum Gasteiger partial charge on any atom is 0.372 e. The topological polar surface area (TPSA) is 152 Å². The van der Waals surface area contributed by atoms with Crippen molar-refractivity contribution < 1.29 is 39.4 Å². The summed E-state index contributed by atoms with van der Waals surface area (Å²) in [6.07, 6.45) is 0.785. The molecule has 0 aliphatic carbocycles. The van der Waals surface area contributed by atoms with Gasteiger partial charge in [0.15, 0.2) is 0 Å². The molecule has 0 saturated heterocycles. The van der Waals surface area contributed by atoms with Gasteiger partial charge >= 0.3 is 11.8 Å². The number of aliphatic hydroxyl groups is 4. The molecule has 3 rings (SSSR count). The second-order valence-electron chi connectivity index (χ2n) is 8.33. The molecule has 0 bridgehead atoms. The van der Waals surface area contributed by atoms with Crippen molar-refractivity contribution in [2.45, 2.75) is 51.0 Å². The van der Waals surface area contributed by atoms with Crippen LogP contribution in [-0.4, -0.2) is 44.9 Å². The number of carbonyl (C=O) groups is 1. The van der Waals surface area contributed by atoms with Crippen LogP contribution in [0.5, 0.6) is 11.5 Å². The first-order chi connectivity index (χ1) is 14.3. The molecule has 0 fully saturated rings. The Morgan fingerprint density at radius 2 is 1.87 bits per heavy atom. The monoisotopic (exact) mass is 433 g/mol. The standard InChI is InChI=1S/C22H27NO8/c1-12-7-13-10-20(2,3)31-18(13)14(8-12)11-30-17-6-5-15(9-16(17)23)21(25,26)22(27,28)19(24)29-4/h5-9,25-28H,10-11,23H2,1-4H3. The van der Waals surface area contributed by atoms with Gasteiger partial charge in [0.2, 0.25) is 0 Å². The number of nitrogens with two attached hydrogens (primary N) is 1. The van der Waals surface area contributed by atoms with Crippen molar-refractivity contribution in [3.05, 3.63) is 52.6 Å². The lowest BCUT2D eigenvalue weighted by molar-refractivity contribution is -0.353. The minimum absolute atomic E-state index is 0.00353.